The second kappa shape index (κ2) is 8.50. The Morgan fingerprint density at radius 1 is 1.06 bits per heavy atom. The quantitative estimate of drug-likeness (QED) is 0.165. The first-order valence-corrected chi connectivity index (χ1v) is 9.84. The van der Waals surface area contributed by atoms with Gasteiger partial charge in [-0.2, -0.15) is 4.98 Å². The van der Waals surface area contributed by atoms with Crippen LogP contribution in [-0.4, -0.2) is 29.3 Å². The molecule has 1 heterocycles. The number of hydrogen-bond donors (Lipinski definition) is 3. The van der Waals surface area contributed by atoms with Crippen LogP contribution in [0.2, 0.25) is 0 Å². The lowest BCUT2D eigenvalue weighted by Crippen LogP contribution is -2.26. The fraction of sp³-hybridized carbons (Fsp3) is 0.0870. The third-order valence-electron chi connectivity index (χ3n) is 5.16. The summed E-state index contributed by atoms with van der Waals surface area (Å²) in [5, 5.41) is 16.1. The molecule has 0 atom stereocenters. The third-order valence-corrected chi connectivity index (χ3v) is 5.16. The van der Waals surface area contributed by atoms with Gasteiger partial charge in [0.05, 0.1) is 17.5 Å². The van der Waals surface area contributed by atoms with Crippen molar-refractivity contribution in [2.75, 3.05) is 17.7 Å². The van der Waals surface area contributed by atoms with Gasteiger partial charge in [-0.3, -0.25) is 15.4 Å². The summed E-state index contributed by atoms with van der Waals surface area (Å²) in [6.07, 6.45) is -3.88. The van der Waals surface area contributed by atoms with E-state index in [-0.39, 0.29) is 22.9 Å². The zero-order valence-electron chi connectivity index (χ0n) is 17.7. The summed E-state index contributed by atoms with van der Waals surface area (Å²) in [7, 11) is 1.68. The molecule has 3 aromatic carbocycles. The molecule has 0 aliphatic rings. The largest absolute Gasteiger partial charge is 0.573 e. The molecular formula is C23H18F4N6O. The molecule has 0 spiro atoms. The Bertz CT molecular complexity index is 1450. The average Bonchev–Trinajstić information content (AvgIpc) is 2.79. The van der Waals surface area contributed by atoms with E-state index >= 15 is 0 Å². The standard InChI is InChI=1S/C23H18F4N6O/c1-32(21-17-10-18(24)19(29)11-20(17)33(12-28)22(30)31-21)15-4-2-3-14(9-15)13-5-7-16(8-6-13)34-23(25,26)27/h2-12,28,30H,29H2,1H3. The van der Waals surface area contributed by atoms with Crippen molar-refractivity contribution >= 4 is 34.4 Å². The molecule has 4 N–H and O–H groups in total. The summed E-state index contributed by atoms with van der Waals surface area (Å²) in [6.45, 7) is 0. The maximum atomic E-state index is 14.3. The molecule has 4 aromatic rings. The maximum absolute atomic E-state index is 14.3. The lowest BCUT2D eigenvalue weighted by molar-refractivity contribution is -0.274. The van der Waals surface area contributed by atoms with E-state index in [1.165, 1.54) is 41.0 Å². The van der Waals surface area contributed by atoms with E-state index in [2.05, 4.69) is 9.72 Å². The van der Waals surface area contributed by atoms with Crippen LogP contribution < -0.4 is 21.0 Å². The van der Waals surface area contributed by atoms with Gasteiger partial charge in [-0.15, -0.1) is 13.2 Å². The normalized spacial score (nSPS) is 11.4. The molecule has 0 bridgehead atoms. The van der Waals surface area contributed by atoms with Crippen LogP contribution in [0.15, 0.2) is 60.7 Å². The minimum atomic E-state index is -4.77. The van der Waals surface area contributed by atoms with Gasteiger partial charge in [0.1, 0.15) is 17.4 Å². The van der Waals surface area contributed by atoms with Crippen molar-refractivity contribution in [2.45, 2.75) is 6.36 Å². The number of nitrogens with zero attached hydrogens (tertiary/aromatic N) is 3. The van der Waals surface area contributed by atoms with E-state index in [9.17, 15) is 17.6 Å². The minimum absolute atomic E-state index is 0.123. The van der Waals surface area contributed by atoms with E-state index in [0.29, 0.717) is 27.7 Å². The van der Waals surface area contributed by atoms with E-state index in [1.807, 2.05) is 0 Å². The summed E-state index contributed by atoms with van der Waals surface area (Å²) in [5.74, 6) is -0.718. The van der Waals surface area contributed by atoms with Gasteiger partial charge in [-0.1, -0.05) is 24.3 Å². The summed E-state index contributed by atoms with van der Waals surface area (Å²) < 4.78 is 56.6. The molecule has 0 amide bonds. The Kier molecular flexibility index (Phi) is 5.70. The number of alkyl halides is 3. The van der Waals surface area contributed by atoms with Crippen molar-refractivity contribution in [3.63, 3.8) is 0 Å². The summed E-state index contributed by atoms with van der Waals surface area (Å²) >= 11 is 0. The maximum Gasteiger partial charge on any atom is 0.573 e. The highest BCUT2D eigenvalue weighted by Gasteiger charge is 2.31. The van der Waals surface area contributed by atoms with Crippen molar-refractivity contribution in [3.8, 4) is 16.9 Å². The average molecular weight is 470 g/mol. The summed E-state index contributed by atoms with van der Waals surface area (Å²) in [5.41, 5.74) is 7.66. The molecule has 0 aliphatic heterocycles. The highest BCUT2D eigenvalue weighted by atomic mass is 19.4. The van der Waals surface area contributed by atoms with Crippen LogP contribution in [0.25, 0.3) is 22.0 Å². The zero-order chi connectivity index (χ0) is 24.6. The van der Waals surface area contributed by atoms with Gasteiger partial charge in [0.2, 0.25) is 5.62 Å². The Labute approximate surface area is 190 Å². The van der Waals surface area contributed by atoms with Crippen LogP contribution in [0.3, 0.4) is 0 Å². The van der Waals surface area contributed by atoms with Gasteiger partial charge in [0, 0.05) is 18.1 Å². The number of fused-ring (bicyclic) bond motifs is 1. The number of nitrogen functional groups attached to an aromatic ring is 1. The summed E-state index contributed by atoms with van der Waals surface area (Å²) in [6, 6.07) is 15.1. The molecule has 0 saturated heterocycles. The first-order valence-electron chi connectivity index (χ1n) is 9.84. The molecule has 0 aliphatic carbocycles. The minimum Gasteiger partial charge on any atom is -0.406 e. The number of rotatable bonds is 5. The highest BCUT2D eigenvalue weighted by Crippen LogP contribution is 2.33. The number of aromatic nitrogens is 2. The van der Waals surface area contributed by atoms with Gasteiger partial charge in [-0.05, 0) is 47.5 Å². The molecule has 11 heteroatoms. The second-order valence-corrected chi connectivity index (χ2v) is 7.33. The van der Waals surface area contributed by atoms with Gasteiger partial charge in [0.25, 0.3) is 0 Å². The molecular weight excluding hydrogens is 452 g/mol. The fourth-order valence-electron chi connectivity index (χ4n) is 3.54. The predicted octanol–water partition coefficient (Wildman–Crippen LogP) is 5.03. The molecule has 34 heavy (non-hydrogen) atoms. The first-order chi connectivity index (χ1) is 16.1. The van der Waals surface area contributed by atoms with Gasteiger partial charge >= 0.3 is 6.36 Å². The Balaban J connectivity index is 1.76. The number of hydrogen-bond acceptors (Lipinski definition) is 6. The number of nitrogens with one attached hydrogen (secondary N) is 2. The second-order valence-electron chi connectivity index (χ2n) is 7.33. The number of nitrogens with two attached hydrogens (primary N) is 1. The molecule has 4 rings (SSSR count). The van der Waals surface area contributed by atoms with Crippen molar-refractivity contribution in [2.24, 2.45) is 0 Å². The topological polar surface area (TPSA) is 104 Å². The van der Waals surface area contributed by atoms with E-state index < -0.39 is 12.2 Å². The van der Waals surface area contributed by atoms with Crippen molar-refractivity contribution < 1.29 is 22.3 Å². The number of benzene rings is 3. The molecule has 0 radical (unpaired) electrons. The number of halogens is 4. The zero-order valence-corrected chi connectivity index (χ0v) is 17.7. The van der Waals surface area contributed by atoms with E-state index in [1.54, 1.807) is 36.2 Å². The Hall–Kier alpha value is -4.41. The smallest absolute Gasteiger partial charge is 0.406 e. The lowest BCUT2D eigenvalue weighted by atomic mass is 10.0. The van der Waals surface area contributed by atoms with Gasteiger partial charge in [0.15, 0.2) is 0 Å². The first kappa shape index (κ1) is 22.8. The van der Waals surface area contributed by atoms with Crippen LogP contribution >= 0.6 is 0 Å². The molecule has 0 unspecified atom stereocenters. The third kappa shape index (κ3) is 4.40. The molecule has 0 fully saturated rings. The van der Waals surface area contributed by atoms with Crippen LogP contribution in [0.4, 0.5) is 34.8 Å². The van der Waals surface area contributed by atoms with Gasteiger partial charge < -0.3 is 15.4 Å². The predicted molar refractivity (Wildman–Crippen MR) is 121 cm³/mol. The number of ether oxygens (including phenoxy) is 1. The van der Waals surface area contributed by atoms with E-state index in [4.69, 9.17) is 16.6 Å². The van der Waals surface area contributed by atoms with E-state index in [0.717, 1.165) is 6.34 Å². The SMILES string of the molecule is CN(c1cccc(-c2ccc(OC(F)(F)F)cc2)c1)c1nc(=N)n(C=N)c2cc(N)c(F)cc12. The van der Waals surface area contributed by atoms with Crippen molar-refractivity contribution in [1.29, 1.82) is 10.8 Å². The number of anilines is 3. The molecule has 7 nitrogen and oxygen atoms in total. The lowest BCUT2D eigenvalue weighted by Gasteiger charge is -2.22. The Morgan fingerprint density at radius 2 is 1.76 bits per heavy atom. The molecule has 174 valence electrons. The van der Waals surface area contributed by atoms with Crippen LogP contribution in [0, 0.1) is 16.6 Å². The Morgan fingerprint density at radius 3 is 2.41 bits per heavy atom. The molecule has 1 aromatic heterocycles. The highest BCUT2D eigenvalue weighted by molar-refractivity contribution is 5.96. The fourth-order valence-corrected chi connectivity index (χ4v) is 3.54. The monoisotopic (exact) mass is 470 g/mol. The summed E-state index contributed by atoms with van der Waals surface area (Å²) in [4.78, 5) is 5.89. The van der Waals surface area contributed by atoms with Crippen LogP contribution in [0.1, 0.15) is 0 Å². The van der Waals surface area contributed by atoms with Crippen LogP contribution in [0.5, 0.6) is 5.75 Å². The van der Waals surface area contributed by atoms with Crippen LogP contribution in [-0.2, 0) is 0 Å². The van der Waals surface area contributed by atoms with Crippen molar-refractivity contribution in [3.05, 3.63) is 72.1 Å². The van der Waals surface area contributed by atoms with Crippen molar-refractivity contribution in [1.82, 2.24) is 9.55 Å². The molecule has 0 saturated carbocycles. The van der Waals surface area contributed by atoms with Gasteiger partial charge in [-0.25, -0.2) is 4.39 Å².